The first kappa shape index (κ1) is 23.0. The normalized spacial score (nSPS) is 11.3. The van der Waals surface area contributed by atoms with Crippen LogP contribution in [0.25, 0.3) is 11.0 Å². The third-order valence-corrected chi connectivity index (χ3v) is 4.35. The van der Waals surface area contributed by atoms with Crippen LogP contribution in [0, 0.1) is 0 Å². The highest BCUT2D eigenvalue weighted by Crippen LogP contribution is 2.25. The van der Waals surface area contributed by atoms with E-state index in [2.05, 4.69) is 15.2 Å². The lowest BCUT2D eigenvalue weighted by Gasteiger charge is -2.19. The zero-order valence-corrected chi connectivity index (χ0v) is 17.1. The Kier molecular flexibility index (Phi) is 9.29. The van der Waals surface area contributed by atoms with Gasteiger partial charge in [0.15, 0.2) is 0 Å². The number of benzene rings is 2. The number of amides is 1. The topological polar surface area (TPSA) is 59.0 Å². The van der Waals surface area contributed by atoms with E-state index in [-0.39, 0.29) is 36.8 Å². The second-order valence-corrected chi connectivity index (χ2v) is 6.14. The lowest BCUT2D eigenvalue weighted by Crippen LogP contribution is -2.31. The van der Waals surface area contributed by atoms with Crippen molar-refractivity contribution >= 4 is 41.8 Å². The molecule has 1 amide bonds. The number of aromatic nitrogens is 2. The summed E-state index contributed by atoms with van der Waals surface area (Å²) in [7, 11) is 3.89. The van der Waals surface area contributed by atoms with Crippen molar-refractivity contribution in [3.05, 3.63) is 66.0 Å². The fourth-order valence-electron chi connectivity index (χ4n) is 3.02. The van der Waals surface area contributed by atoms with Gasteiger partial charge in [-0.1, -0.05) is 42.5 Å². The van der Waals surface area contributed by atoms with Crippen molar-refractivity contribution in [3.63, 3.8) is 0 Å². The Morgan fingerprint density at radius 3 is 2.41 bits per heavy atom. The number of carbonyl (C=O) groups excluding carboxylic acids is 1. The summed E-state index contributed by atoms with van der Waals surface area (Å²) in [6.07, 6.45) is 1.31. The van der Waals surface area contributed by atoms with Gasteiger partial charge in [-0.25, -0.2) is 4.98 Å². The third kappa shape index (κ3) is 5.45. The molecule has 2 aromatic carbocycles. The first-order valence-electron chi connectivity index (χ1n) is 8.61. The van der Waals surface area contributed by atoms with Crippen LogP contribution in [0.1, 0.15) is 30.3 Å². The van der Waals surface area contributed by atoms with Gasteiger partial charge in [0.25, 0.3) is 0 Å². The molecule has 0 aliphatic heterocycles. The number of aryl methyl sites for hydroxylation is 1. The number of carbonyl (C=O) groups is 1. The Bertz CT molecular complexity index is 852. The van der Waals surface area contributed by atoms with Gasteiger partial charge >= 0.3 is 0 Å². The summed E-state index contributed by atoms with van der Waals surface area (Å²) in [5, 5.41) is 6.23. The number of imidazole rings is 1. The molecule has 27 heavy (non-hydrogen) atoms. The smallest absolute Gasteiger partial charge is 0.220 e. The van der Waals surface area contributed by atoms with Crippen LogP contribution in [0.5, 0.6) is 0 Å². The second kappa shape index (κ2) is 10.9. The number of fused-ring (bicyclic) bond motifs is 1. The minimum atomic E-state index is -0.263. The maximum atomic E-state index is 12.4. The number of hydrogen-bond donors (Lipinski definition) is 2. The molecule has 0 spiro atoms. The van der Waals surface area contributed by atoms with Gasteiger partial charge in [0.05, 0.1) is 11.0 Å². The van der Waals surface area contributed by atoms with Crippen LogP contribution in [0.2, 0.25) is 0 Å². The zero-order chi connectivity index (χ0) is 17.6. The van der Waals surface area contributed by atoms with Crippen LogP contribution < -0.4 is 10.6 Å². The average molecular weight is 409 g/mol. The van der Waals surface area contributed by atoms with Crippen molar-refractivity contribution in [2.75, 3.05) is 13.6 Å². The second-order valence-electron chi connectivity index (χ2n) is 6.14. The molecule has 3 rings (SSSR count). The summed E-state index contributed by atoms with van der Waals surface area (Å²) in [4.78, 5) is 17.2. The minimum absolute atomic E-state index is 0. The summed E-state index contributed by atoms with van der Waals surface area (Å²) < 4.78 is 2.06. The first-order chi connectivity index (χ1) is 12.2. The fourth-order valence-corrected chi connectivity index (χ4v) is 3.02. The van der Waals surface area contributed by atoms with E-state index in [4.69, 9.17) is 4.98 Å². The standard InChI is InChI=1S/C20H24N4O.2ClH/c1-21-14-8-13-18(25)23-19(15-9-4-3-5-10-15)20-22-16-11-6-7-12-17(16)24(20)2;;/h3-7,9-12,19,21H,8,13-14H2,1-2H3,(H,23,25);2*1H. The quantitative estimate of drug-likeness (QED) is 0.586. The highest BCUT2D eigenvalue weighted by atomic mass is 35.5. The lowest BCUT2D eigenvalue weighted by atomic mass is 10.1. The molecule has 1 aromatic heterocycles. The number of nitrogens with one attached hydrogen (secondary N) is 2. The largest absolute Gasteiger partial charge is 0.342 e. The molecule has 0 saturated heterocycles. The van der Waals surface area contributed by atoms with E-state index >= 15 is 0 Å². The number of halogens is 2. The van der Waals surface area contributed by atoms with Gasteiger partial charge in [-0.2, -0.15) is 0 Å². The SMILES string of the molecule is CNCCCC(=O)NC(c1ccccc1)c1nc2ccccc2n1C.Cl.Cl. The molecule has 2 N–H and O–H groups in total. The molecule has 1 heterocycles. The van der Waals surface area contributed by atoms with Gasteiger partial charge in [-0.05, 0) is 37.7 Å². The molecule has 0 fully saturated rings. The number of hydrogen-bond acceptors (Lipinski definition) is 3. The molecule has 1 unspecified atom stereocenters. The molecular formula is C20H26Cl2N4O. The van der Waals surface area contributed by atoms with Gasteiger partial charge in [-0.15, -0.1) is 24.8 Å². The summed E-state index contributed by atoms with van der Waals surface area (Å²) in [6, 6.07) is 17.8. The van der Waals surface area contributed by atoms with Gasteiger partial charge in [-0.3, -0.25) is 4.79 Å². The molecule has 5 nitrogen and oxygen atoms in total. The third-order valence-electron chi connectivity index (χ3n) is 4.35. The summed E-state index contributed by atoms with van der Waals surface area (Å²) in [5.41, 5.74) is 3.02. The highest BCUT2D eigenvalue weighted by Gasteiger charge is 2.22. The summed E-state index contributed by atoms with van der Waals surface area (Å²) >= 11 is 0. The first-order valence-corrected chi connectivity index (χ1v) is 8.61. The number of rotatable bonds is 7. The highest BCUT2D eigenvalue weighted by molar-refractivity contribution is 5.85. The maximum absolute atomic E-state index is 12.4. The molecule has 7 heteroatoms. The van der Waals surface area contributed by atoms with Crippen LogP contribution in [0.15, 0.2) is 54.6 Å². The van der Waals surface area contributed by atoms with Gasteiger partial charge in [0.1, 0.15) is 11.9 Å². The molecule has 3 aromatic rings. The molecule has 0 radical (unpaired) electrons. The van der Waals surface area contributed by atoms with E-state index in [1.807, 2.05) is 68.7 Å². The summed E-state index contributed by atoms with van der Waals surface area (Å²) in [6.45, 7) is 0.829. The van der Waals surface area contributed by atoms with E-state index in [0.717, 1.165) is 35.4 Å². The molecule has 0 aliphatic rings. The van der Waals surface area contributed by atoms with Crippen molar-refractivity contribution < 1.29 is 4.79 Å². The number of para-hydroxylation sites is 2. The Balaban J connectivity index is 0.00000182. The van der Waals surface area contributed by atoms with Crippen LogP contribution in [0.4, 0.5) is 0 Å². The fraction of sp³-hybridized carbons (Fsp3) is 0.300. The Morgan fingerprint density at radius 1 is 1.07 bits per heavy atom. The van der Waals surface area contributed by atoms with Gasteiger partial charge in [0, 0.05) is 13.5 Å². The maximum Gasteiger partial charge on any atom is 0.220 e. The lowest BCUT2D eigenvalue weighted by molar-refractivity contribution is -0.121. The average Bonchev–Trinajstić information content (AvgIpc) is 2.97. The van der Waals surface area contributed by atoms with E-state index in [1.165, 1.54) is 0 Å². The van der Waals surface area contributed by atoms with Crippen LogP contribution in [0.3, 0.4) is 0 Å². The van der Waals surface area contributed by atoms with E-state index in [9.17, 15) is 4.79 Å². The Hall–Kier alpha value is -2.08. The van der Waals surface area contributed by atoms with E-state index in [0.29, 0.717) is 6.42 Å². The van der Waals surface area contributed by atoms with Gasteiger partial charge in [0.2, 0.25) is 5.91 Å². The van der Waals surface area contributed by atoms with Crippen molar-refractivity contribution in [2.24, 2.45) is 7.05 Å². The van der Waals surface area contributed by atoms with Crippen LogP contribution >= 0.6 is 24.8 Å². The Morgan fingerprint density at radius 2 is 1.74 bits per heavy atom. The zero-order valence-electron chi connectivity index (χ0n) is 15.5. The van der Waals surface area contributed by atoms with Crippen molar-refractivity contribution in [1.29, 1.82) is 0 Å². The molecule has 1 atom stereocenters. The molecule has 146 valence electrons. The van der Waals surface area contributed by atoms with Crippen molar-refractivity contribution in [2.45, 2.75) is 18.9 Å². The van der Waals surface area contributed by atoms with E-state index in [1.54, 1.807) is 0 Å². The minimum Gasteiger partial charge on any atom is -0.342 e. The van der Waals surface area contributed by atoms with E-state index < -0.39 is 0 Å². The molecular weight excluding hydrogens is 383 g/mol. The summed E-state index contributed by atoms with van der Waals surface area (Å²) in [5.74, 6) is 0.880. The van der Waals surface area contributed by atoms with Crippen molar-refractivity contribution in [1.82, 2.24) is 20.2 Å². The predicted molar refractivity (Wildman–Crippen MR) is 115 cm³/mol. The van der Waals surface area contributed by atoms with Crippen LogP contribution in [-0.2, 0) is 11.8 Å². The molecule has 0 bridgehead atoms. The molecule has 0 saturated carbocycles. The van der Waals surface area contributed by atoms with Gasteiger partial charge < -0.3 is 15.2 Å². The predicted octanol–water partition coefficient (Wildman–Crippen LogP) is 3.62. The monoisotopic (exact) mass is 408 g/mol. The Labute approximate surface area is 172 Å². The number of nitrogens with zero attached hydrogens (tertiary/aromatic N) is 2. The van der Waals surface area contributed by atoms with Crippen molar-refractivity contribution in [3.8, 4) is 0 Å². The molecule has 0 aliphatic carbocycles. The van der Waals surface area contributed by atoms with Crippen LogP contribution in [-0.4, -0.2) is 29.1 Å².